The molecule has 0 spiro atoms. The zero-order chi connectivity index (χ0) is 17.4. The SMILES string of the molecule is O=C1CC(c2nc(-c3cccnc3)no2)CN1c1cc(F)ccc1F. The van der Waals surface area contributed by atoms with Gasteiger partial charge in [0.25, 0.3) is 0 Å². The number of nitrogens with zero attached hydrogens (tertiary/aromatic N) is 4. The lowest BCUT2D eigenvalue weighted by Crippen LogP contribution is -2.25. The van der Waals surface area contributed by atoms with E-state index in [1.807, 2.05) is 0 Å². The third-order valence-corrected chi connectivity index (χ3v) is 4.03. The minimum Gasteiger partial charge on any atom is -0.339 e. The van der Waals surface area contributed by atoms with Crippen LogP contribution in [0, 0.1) is 11.6 Å². The minimum absolute atomic E-state index is 0.0838. The molecular weight excluding hydrogens is 330 g/mol. The van der Waals surface area contributed by atoms with Crippen molar-refractivity contribution in [3.8, 4) is 11.4 Å². The van der Waals surface area contributed by atoms with E-state index in [-0.39, 0.29) is 36.4 Å². The Morgan fingerprint density at radius 3 is 2.92 bits per heavy atom. The molecule has 0 radical (unpaired) electrons. The van der Waals surface area contributed by atoms with Gasteiger partial charge in [0.2, 0.25) is 17.6 Å². The van der Waals surface area contributed by atoms with Gasteiger partial charge in [-0.1, -0.05) is 5.16 Å². The van der Waals surface area contributed by atoms with Crippen LogP contribution in [0.4, 0.5) is 14.5 Å². The number of halogens is 2. The fourth-order valence-electron chi connectivity index (χ4n) is 2.81. The molecule has 1 aliphatic rings. The van der Waals surface area contributed by atoms with Crippen LogP contribution >= 0.6 is 0 Å². The normalized spacial score (nSPS) is 17.3. The highest BCUT2D eigenvalue weighted by atomic mass is 19.1. The molecule has 0 aliphatic carbocycles. The van der Waals surface area contributed by atoms with Gasteiger partial charge in [0.1, 0.15) is 11.6 Å². The number of benzene rings is 1. The molecule has 1 unspecified atom stereocenters. The Bertz CT molecular complexity index is 929. The third-order valence-electron chi connectivity index (χ3n) is 4.03. The Hall–Kier alpha value is -3.16. The molecule has 3 heterocycles. The van der Waals surface area contributed by atoms with E-state index in [9.17, 15) is 13.6 Å². The standard InChI is InChI=1S/C17H12F2N4O2/c18-12-3-4-13(19)14(7-12)23-9-11(6-15(23)24)17-21-16(22-25-17)10-2-1-5-20-8-10/h1-5,7-8,11H,6,9H2. The molecule has 126 valence electrons. The number of rotatable bonds is 3. The van der Waals surface area contributed by atoms with E-state index in [4.69, 9.17) is 4.52 Å². The highest BCUT2D eigenvalue weighted by Crippen LogP contribution is 2.33. The van der Waals surface area contributed by atoms with Gasteiger partial charge in [0.15, 0.2) is 0 Å². The lowest BCUT2D eigenvalue weighted by molar-refractivity contribution is -0.117. The summed E-state index contributed by atoms with van der Waals surface area (Å²) in [5, 5.41) is 3.90. The molecule has 1 aliphatic heterocycles. The lowest BCUT2D eigenvalue weighted by atomic mass is 10.1. The van der Waals surface area contributed by atoms with Crippen LogP contribution in [0.25, 0.3) is 11.4 Å². The molecule has 1 fully saturated rings. The van der Waals surface area contributed by atoms with Crippen LogP contribution in [0.3, 0.4) is 0 Å². The molecule has 8 heteroatoms. The van der Waals surface area contributed by atoms with Gasteiger partial charge < -0.3 is 9.42 Å². The van der Waals surface area contributed by atoms with E-state index in [1.165, 1.54) is 4.90 Å². The summed E-state index contributed by atoms with van der Waals surface area (Å²) in [5.74, 6) is -1.32. The van der Waals surface area contributed by atoms with Gasteiger partial charge in [-0.3, -0.25) is 9.78 Å². The Kier molecular flexibility index (Phi) is 3.72. The average molecular weight is 342 g/mol. The summed E-state index contributed by atoms with van der Waals surface area (Å²) < 4.78 is 32.6. The number of carbonyl (C=O) groups is 1. The molecule has 0 N–H and O–H groups in total. The number of pyridine rings is 1. The van der Waals surface area contributed by atoms with Gasteiger partial charge >= 0.3 is 0 Å². The summed E-state index contributed by atoms with van der Waals surface area (Å²) >= 11 is 0. The predicted molar refractivity (Wildman–Crippen MR) is 83.6 cm³/mol. The van der Waals surface area contributed by atoms with Crippen LogP contribution in [0.5, 0.6) is 0 Å². The number of amides is 1. The smallest absolute Gasteiger partial charge is 0.232 e. The van der Waals surface area contributed by atoms with Gasteiger partial charge in [-0.25, -0.2) is 8.78 Å². The fourth-order valence-corrected chi connectivity index (χ4v) is 2.81. The first-order chi connectivity index (χ1) is 12.1. The van der Waals surface area contributed by atoms with Crippen molar-refractivity contribution in [2.24, 2.45) is 0 Å². The minimum atomic E-state index is -0.656. The van der Waals surface area contributed by atoms with Crippen molar-refractivity contribution in [2.75, 3.05) is 11.4 Å². The van der Waals surface area contributed by atoms with Crippen LogP contribution in [-0.4, -0.2) is 27.6 Å². The third kappa shape index (κ3) is 2.86. The summed E-state index contributed by atoms with van der Waals surface area (Å²) in [6.07, 6.45) is 3.32. The summed E-state index contributed by atoms with van der Waals surface area (Å²) in [7, 11) is 0. The van der Waals surface area contributed by atoms with Crippen LogP contribution < -0.4 is 4.90 Å². The predicted octanol–water partition coefficient (Wildman–Crippen LogP) is 2.93. The van der Waals surface area contributed by atoms with Crippen molar-refractivity contribution >= 4 is 11.6 Å². The zero-order valence-corrected chi connectivity index (χ0v) is 12.9. The Morgan fingerprint density at radius 1 is 1.24 bits per heavy atom. The van der Waals surface area contributed by atoms with Crippen molar-refractivity contribution in [1.29, 1.82) is 0 Å². The molecule has 6 nitrogen and oxygen atoms in total. The van der Waals surface area contributed by atoms with E-state index < -0.39 is 11.6 Å². The van der Waals surface area contributed by atoms with Crippen molar-refractivity contribution in [3.63, 3.8) is 0 Å². The lowest BCUT2D eigenvalue weighted by Gasteiger charge is -2.16. The second-order valence-electron chi connectivity index (χ2n) is 5.70. The molecule has 1 atom stereocenters. The zero-order valence-electron chi connectivity index (χ0n) is 12.9. The maximum Gasteiger partial charge on any atom is 0.232 e. The van der Waals surface area contributed by atoms with Gasteiger partial charge in [0, 0.05) is 37.0 Å². The molecule has 2 aromatic heterocycles. The number of carbonyl (C=O) groups excluding carboxylic acids is 1. The first-order valence-electron chi connectivity index (χ1n) is 7.61. The quantitative estimate of drug-likeness (QED) is 0.732. The van der Waals surface area contributed by atoms with Crippen LogP contribution in [0.15, 0.2) is 47.2 Å². The van der Waals surface area contributed by atoms with E-state index in [0.717, 1.165) is 18.2 Å². The summed E-state index contributed by atoms with van der Waals surface area (Å²) in [6.45, 7) is 0.147. The molecule has 0 bridgehead atoms. The number of anilines is 1. The van der Waals surface area contributed by atoms with Crippen molar-refractivity contribution < 1.29 is 18.1 Å². The summed E-state index contributed by atoms with van der Waals surface area (Å²) in [6, 6.07) is 6.55. The van der Waals surface area contributed by atoms with E-state index in [1.54, 1.807) is 24.5 Å². The molecular formula is C17H12F2N4O2. The van der Waals surface area contributed by atoms with E-state index in [0.29, 0.717) is 11.4 Å². The highest BCUT2D eigenvalue weighted by molar-refractivity contribution is 5.96. The topological polar surface area (TPSA) is 72.1 Å². The Morgan fingerprint density at radius 2 is 2.12 bits per heavy atom. The first kappa shape index (κ1) is 15.4. The highest BCUT2D eigenvalue weighted by Gasteiger charge is 2.36. The number of hydrogen-bond donors (Lipinski definition) is 0. The second-order valence-corrected chi connectivity index (χ2v) is 5.70. The summed E-state index contributed by atoms with van der Waals surface area (Å²) in [4.78, 5) is 21.7. The molecule has 1 saturated heterocycles. The summed E-state index contributed by atoms with van der Waals surface area (Å²) in [5.41, 5.74) is 0.606. The van der Waals surface area contributed by atoms with Gasteiger partial charge in [-0.15, -0.1) is 0 Å². The Balaban J connectivity index is 1.59. The van der Waals surface area contributed by atoms with Crippen molar-refractivity contribution in [1.82, 2.24) is 15.1 Å². The maximum absolute atomic E-state index is 13.9. The fraction of sp³-hybridized carbons (Fsp3) is 0.176. The first-order valence-corrected chi connectivity index (χ1v) is 7.61. The van der Waals surface area contributed by atoms with Gasteiger partial charge in [-0.2, -0.15) is 4.98 Å². The van der Waals surface area contributed by atoms with Gasteiger partial charge in [0.05, 0.1) is 11.6 Å². The molecule has 3 aromatic rings. The number of hydrogen-bond acceptors (Lipinski definition) is 5. The number of aromatic nitrogens is 3. The van der Waals surface area contributed by atoms with E-state index in [2.05, 4.69) is 15.1 Å². The molecule has 4 rings (SSSR count). The molecule has 1 amide bonds. The van der Waals surface area contributed by atoms with Crippen molar-refractivity contribution in [2.45, 2.75) is 12.3 Å². The monoisotopic (exact) mass is 342 g/mol. The van der Waals surface area contributed by atoms with Crippen LogP contribution in [0.2, 0.25) is 0 Å². The average Bonchev–Trinajstić information content (AvgIpc) is 3.25. The Labute approximate surface area is 141 Å². The molecule has 0 saturated carbocycles. The van der Waals surface area contributed by atoms with Gasteiger partial charge in [-0.05, 0) is 24.3 Å². The van der Waals surface area contributed by atoms with Crippen LogP contribution in [-0.2, 0) is 4.79 Å². The second kappa shape index (κ2) is 6.04. The van der Waals surface area contributed by atoms with E-state index >= 15 is 0 Å². The van der Waals surface area contributed by atoms with Crippen molar-refractivity contribution in [3.05, 3.63) is 60.3 Å². The molecule has 1 aromatic carbocycles. The largest absolute Gasteiger partial charge is 0.339 e. The maximum atomic E-state index is 13.9. The van der Waals surface area contributed by atoms with Crippen LogP contribution in [0.1, 0.15) is 18.2 Å². The molecule has 25 heavy (non-hydrogen) atoms.